The Morgan fingerprint density at radius 3 is 2.52 bits per heavy atom. The molecule has 0 amide bonds. The van der Waals surface area contributed by atoms with E-state index in [-0.39, 0.29) is 0 Å². The van der Waals surface area contributed by atoms with Gasteiger partial charge in [-0.05, 0) is 58.7 Å². The van der Waals surface area contributed by atoms with Crippen LogP contribution in [-0.4, -0.2) is 6.54 Å². The van der Waals surface area contributed by atoms with E-state index in [1.807, 2.05) is 36.4 Å². The number of benzene rings is 2. The molecule has 0 spiro atoms. The molecule has 21 heavy (non-hydrogen) atoms. The molecule has 4 heteroatoms. The number of nitrogens with one attached hydrogen (secondary N) is 1. The predicted octanol–water partition coefficient (Wildman–Crippen LogP) is 5.75. The lowest BCUT2D eigenvalue weighted by Crippen LogP contribution is -2.19. The minimum absolute atomic E-state index is 0.629. The van der Waals surface area contributed by atoms with Crippen LogP contribution < -0.4 is 10.1 Å². The van der Waals surface area contributed by atoms with E-state index in [2.05, 4.69) is 57.1 Å². The molecular formula is C17H19Br2NO. The highest BCUT2D eigenvalue weighted by molar-refractivity contribution is 9.10. The van der Waals surface area contributed by atoms with Crippen LogP contribution >= 0.6 is 31.9 Å². The number of hydrogen-bond donors (Lipinski definition) is 1. The van der Waals surface area contributed by atoms with Gasteiger partial charge in [0.25, 0.3) is 0 Å². The van der Waals surface area contributed by atoms with E-state index < -0.39 is 0 Å². The van der Waals surface area contributed by atoms with Crippen molar-refractivity contribution in [2.45, 2.75) is 20.4 Å². The first-order chi connectivity index (χ1) is 10.1. The minimum Gasteiger partial charge on any atom is -0.456 e. The molecule has 1 N–H and O–H groups in total. The highest BCUT2D eigenvalue weighted by Gasteiger charge is 2.08. The van der Waals surface area contributed by atoms with E-state index in [1.54, 1.807) is 0 Å². The van der Waals surface area contributed by atoms with Crippen molar-refractivity contribution in [1.29, 1.82) is 0 Å². The first-order valence-electron chi connectivity index (χ1n) is 6.98. The predicted molar refractivity (Wildman–Crippen MR) is 94.9 cm³/mol. The first kappa shape index (κ1) is 16.5. The van der Waals surface area contributed by atoms with E-state index in [0.717, 1.165) is 39.1 Å². The lowest BCUT2D eigenvalue weighted by molar-refractivity contribution is 0.466. The van der Waals surface area contributed by atoms with Crippen LogP contribution in [0.5, 0.6) is 11.5 Å². The Morgan fingerprint density at radius 2 is 1.81 bits per heavy atom. The topological polar surface area (TPSA) is 21.3 Å². The second-order valence-electron chi connectivity index (χ2n) is 5.31. The summed E-state index contributed by atoms with van der Waals surface area (Å²) < 4.78 is 8.06. The normalized spacial score (nSPS) is 10.9. The first-order valence-corrected chi connectivity index (χ1v) is 8.56. The largest absolute Gasteiger partial charge is 0.456 e. The second-order valence-corrected chi connectivity index (χ2v) is 7.08. The Morgan fingerprint density at radius 1 is 1.05 bits per heavy atom. The van der Waals surface area contributed by atoms with Crippen molar-refractivity contribution in [2.75, 3.05) is 6.54 Å². The van der Waals surface area contributed by atoms with Crippen LogP contribution in [0.3, 0.4) is 0 Å². The van der Waals surface area contributed by atoms with E-state index in [9.17, 15) is 0 Å². The number of hydrogen-bond acceptors (Lipinski definition) is 2. The fourth-order valence-corrected chi connectivity index (χ4v) is 2.70. The molecule has 0 saturated heterocycles. The molecule has 2 aromatic rings. The van der Waals surface area contributed by atoms with Crippen LogP contribution in [0.25, 0.3) is 0 Å². The third-order valence-corrected chi connectivity index (χ3v) is 4.10. The van der Waals surface area contributed by atoms with Crippen LogP contribution in [0.4, 0.5) is 0 Å². The summed E-state index contributed by atoms with van der Waals surface area (Å²) in [6.45, 7) is 6.18. The summed E-state index contributed by atoms with van der Waals surface area (Å²) in [6.07, 6.45) is 0. The monoisotopic (exact) mass is 411 g/mol. The lowest BCUT2D eigenvalue weighted by atomic mass is 10.2. The van der Waals surface area contributed by atoms with Gasteiger partial charge in [0.2, 0.25) is 0 Å². The van der Waals surface area contributed by atoms with Crippen molar-refractivity contribution < 1.29 is 4.74 Å². The number of para-hydroxylation sites is 1. The Bertz CT molecular complexity index is 599. The molecule has 0 unspecified atom stereocenters. The summed E-state index contributed by atoms with van der Waals surface area (Å²) in [7, 11) is 0. The van der Waals surface area contributed by atoms with Crippen molar-refractivity contribution in [3.8, 4) is 11.5 Å². The average molecular weight is 413 g/mol. The molecule has 0 saturated carbocycles. The number of ether oxygens (including phenoxy) is 1. The fraction of sp³-hybridized carbons (Fsp3) is 0.294. The quantitative estimate of drug-likeness (QED) is 0.652. The molecule has 0 bridgehead atoms. The summed E-state index contributed by atoms with van der Waals surface area (Å²) in [5, 5.41) is 3.46. The zero-order valence-electron chi connectivity index (χ0n) is 12.2. The van der Waals surface area contributed by atoms with E-state index >= 15 is 0 Å². The molecule has 0 aliphatic rings. The van der Waals surface area contributed by atoms with Crippen molar-refractivity contribution in [1.82, 2.24) is 5.32 Å². The minimum atomic E-state index is 0.629. The molecule has 0 aliphatic carbocycles. The van der Waals surface area contributed by atoms with Gasteiger partial charge in [-0.2, -0.15) is 0 Å². The summed E-state index contributed by atoms with van der Waals surface area (Å²) in [6, 6.07) is 14.0. The van der Waals surface area contributed by atoms with Gasteiger partial charge in [0.15, 0.2) is 0 Å². The molecule has 0 aliphatic heterocycles. The maximum absolute atomic E-state index is 6.05. The van der Waals surface area contributed by atoms with Crippen molar-refractivity contribution >= 4 is 31.9 Å². The smallest absolute Gasteiger partial charge is 0.141 e. The maximum atomic E-state index is 6.05. The lowest BCUT2D eigenvalue weighted by Gasteiger charge is -2.14. The van der Waals surface area contributed by atoms with Crippen LogP contribution in [0, 0.1) is 5.92 Å². The Labute approximate surface area is 143 Å². The van der Waals surface area contributed by atoms with E-state index in [1.165, 1.54) is 0 Å². The zero-order chi connectivity index (χ0) is 15.2. The van der Waals surface area contributed by atoms with Crippen LogP contribution in [0.1, 0.15) is 19.4 Å². The van der Waals surface area contributed by atoms with Gasteiger partial charge in [-0.1, -0.05) is 41.9 Å². The standard InChI is InChI=1S/C17H19Br2NO/c1-12(2)10-20-11-13-9-14(18)7-8-16(13)21-17-6-4-3-5-15(17)19/h3-9,12,20H,10-11H2,1-2H3. The molecule has 0 atom stereocenters. The number of halogens is 2. The molecule has 0 heterocycles. The summed E-state index contributed by atoms with van der Waals surface area (Å²) >= 11 is 7.04. The number of rotatable bonds is 6. The molecule has 2 aromatic carbocycles. The van der Waals surface area contributed by atoms with E-state index in [0.29, 0.717) is 5.92 Å². The maximum Gasteiger partial charge on any atom is 0.141 e. The molecular weight excluding hydrogens is 394 g/mol. The van der Waals surface area contributed by atoms with Crippen molar-refractivity contribution in [2.24, 2.45) is 5.92 Å². The molecule has 0 fully saturated rings. The van der Waals surface area contributed by atoms with Gasteiger partial charge in [0, 0.05) is 16.6 Å². The van der Waals surface area contributed by atoms with Crippen LogP contribution in [0.2, 0.25) is 0 Å². The van der Waals surface area contributed by atoms with Crippen LogP contribution in [0.15, 0.2) is 51.4 Å². The Balaban J connectivity index is 2.16. The van der Waals surface area contributed by atoms with Gasteiger partial charge in [-0.15, -0.1) is 0 Å². The van der Waals surface area contributed by atoms with Gasteiger partial charge >= 0.3 is 0 Å². The Kier molecular flexibility index (Phi) is 6.27. The summed E-state index contributed by atoms with van der Waals surface area (Å²) in [4.78, 5) is 0. The van der Waals surface area contributed by atoms with Gasteiger partial charge < -0.3 is 10.1 Å². The zero-order valence-corrected chi connectivity index (χ0v) is 15.4. The average Bonchev–Trinajstić information content (AvgIpc) is 2.43. The van der Waals surface area contributed by atoms with Gasteiger partial charge in [-0.3, -0.25) is 0 Å². The summed E-state index contributed by atoms with van der Waals surface area (Å²) in [5.74, 6) is 2.33. The molecule has 0 aromatic heterocycles. The molecule has 2 nitrogen and oxygen atoms in total. The third-order valence-electron chi connectivity index (χ3n) is 2.95. The fourth-order valence-electron chi connectivity index (χ4n) is 1.93. The van der Waals surface area contributed by atoms with Crippen molar-refractivity contribution in [3.05, 3.63) is 57.0 Å². The van der Waals surface area contributed by atoms with Crippen molar-refractivity contribution in [3.63, 3.8) is 0 Å². The highest BCUT2D eigenvalue weighted by Crippen LogP contribution is 2.32. The van der Waals surface area contributed by atoms with Gasteiger partial charge in [-0.25, -0.2) is 0 Å². The van der Waals surface area contributed by atoms with E-state index in [4.69, 9.17) is 4.74 Å². The van der Waals surface area contributed by atoms with Gasteiger partial charge in [0.1, 0.15) is 11.5 Å². The summed E-state index contributed by atoms with van der Waals surface area (Å²) in [5.41, 5.74) is 1.14. The Hall–Kier alpha value is -0.840. The SMILES string of the molecule is CC(C)CNCc1cc(Br)ccc1Oc1ccccc1Br. The molecule has 0 radical (unpaired) electrons. The third kappa shape index (κ3) is 5.13. The second kappa shape index (κ2) is 7.97. The van der Waals surface area contributed by atoms with Crippen LogP contribution in [-0.2, 0) is 6.54 Å². The molecule has 2 rings (SSSR count). The van der Waals surface area contributed by atoms with Gasteiger partial charge in [0.05, 0.1) is 4.47 Å². The highest BCUT2D eigenvalue weighted by atomic mass is 79.9. The molecule has 112 valence electrons.